The van der Waals surface area contributed by atoms with Gasteiger partial charge in [-0.15, -0.1) is 11.8 Å². The van der Waals surface area contributed by atoms with Crippen LogP contribution in [0, 0.1) is 0 Å². The van der Waals surface area contributed by atoms with E-state index in [1.807, 2.05) is 49.5 Å². The summed E-state index contributed by atoms with van der Waals surface area (Å²) in [4.78, 5) is 1.07. The summed E-state index contributed by atoms with van der Waals surface area (Å²) in [6, 6.07) is 13.6. The molecular weight excluding hydrogens is 325 g/mol. The van der Waals surface area contributed by atoms with Gasteiger partial charge < -0.3 is 10.1 Å². The Morgan fingerprint density at radius 2 is 1.95 bits per heavy atom. The summed E-state index contributed by atoms with van der Waals surface area (Å²) in [5.74, 6) is 1.66. The van der Waals surface area contributed by atoms with Gasteiger partial charge in [0.2, 0.25) is 0 Å². The van der Waals surface area contributed by atoms with E-state index in [0.717, 1.165) is 27.0 Å². The second-order valence-electron chi connectivity index (χ2n) is 4.47. The first-order valence-corrected chi connectivity index (χ1v) is 8.28. The normalized spacial score (nSPS) is 12.2. The summed E-state index contributed by atoms with van der Waals surface area (Å²) in [6.07, 6.45) is 0. The van der Waals surface area contributed by atoms with Crippen LogP contribution >= 0.6 is 35.0 Å². The van der Waals surface area contributed by atoms with Gasteiger partial charge in [0.15, 0.2) is 0 Å². The molecule has 5 heteroatoms. The summed E-state index contributed by atoms with van der Waals surface area (Å²) in [5, 5.41) is 4.78. The van der Waals surface area contributed by atoms with E-state index < -0.39 is 0 Å². The Morgan fingerprint density at radius 3 is 2.62 bits per heavy atom. The standard InChI is InChI=1S/C16H17Cl2NOS/c1-19-14(10-21-16-6-4-3-5-13(16)18)12-9-11(17)7-8-15(12)20-2/h3-9,14,19H,10H2,1-2H3. The molecule has 2 aromatic rings. The Morgan fingerprint density at radius 1 is 1.19 bits per heavy atom. The minimum Gasteiger partial charge on any atom is -0.496 e. The molecule has 112 valence electrons. The second-order valence-corrected chi connectivity index (χ2v) is 6.37. The first-order chi connectivity index (χ1) is 10.2. The van der Waals surface area contributed by atoms with E-state index in [4.69, 9.17) is 27.9 Å². The van der Waals surface area contributed by atoms with Crippen molar-refractivity contribution in [1.29, 1.82) is 0 Å². The molecule has 0 bridgehead atoms. The van der Waals surface area contributed by atoms with Gasteiger partial charge in [0.05, 0.1) is 12.1 Å². The maximum absolute atomic E-state index is 6.19. The average molecular weight is 342 g/mol. The number of hydrogen-bond donors (Lipinski definition) is 1. The van der Waals surface area contributed by atoms with E-state index in [-0.39, 0.29) is 6.04 Å². The highest BCUT2D eigenvalue weighted by Gasteiger charge is 2.16. The van der Waals surface area contributed by atoms with Crippen LogP contribution in [0.1, 0.15) is 11.6 Å². The van der Waals surface area contributed by atoms with Crippen molar-refractivity contribution in [2.24, 2.45) is 0 Å². The van der Waals surface area contributed by atoms with Crippen molar-refractivity contribution in [2.75, 3.05) is 19.9 Å². The zero-order valence-corrected chi connectivity index (χ0v) is 14.2. The number of ether oxygens (including phenoxy) is 1. The minimum absolute atomic E-state index is 0.125. The Labute approximate surface area is 139 Å². The van der Waals surface area contributed by atoms with Crippen molar-refractivity contribution in [3.05, 3.63) is 58.1 Å². The van der Waals surface area contributed by atoms with Gasteiger partial charge in [0, 0.05) is 27.3 Å². The molecule has 0 saturated heterocycles. The van der Waals surface area contributed by atoms with Crippen LogP contribution in [0.4, 0.5) is 0 Å². The van der Waals surface area contributed by atoms with E-state index in [9.17, 15) is 0 Å². The SMILES string of the molecule is CNC(CSc1ccccc1Cl)c1cc(Cl)ccc1OC. The van der Waals surface area contributed by atoms with Crippen LogP contribution in [-0.2, 0) is 0 Å². The number of rotatable bonds is 6. The number of hydrogen-bond acceptors (Lipinski definition) is 3. The van der Waals surface area contributed by atoms with E-state index in [1.165, 1.54) is 0 Å². The molecule has 2 rings (SSSR count). The lowest BCUT2D eigenvalue weighted by Crippen LogP contribution is -2.19. The fraction of sp³-hybridized carbons (Fsp3) is 0.250. The zero-order chi connectivity index (χ0) is 15.2. The van der Waals surface area contributed by atoms with Gasteiger partial charge in [0.25, 0.3) is 0 Å². The predicted molar refractivity (Wildman–Crippen MR) is 92.0 cm³/mol. The summed E-state index contributed by atoms with van der Waals surface area (Å²) in [7, 11) is 3.60. The van der Waals surface area contributed by atoms with Crippen LogP contribution in [0.3, 0.4) is 0 Å². The summed E-state index contributed by atoms with van der Waals surface area (Å²) < 4.78 is 5.42. The van der Waals surface area contributed by atoms with Crippen LogP contribution in [-0.4, -0.2) is 19.9 Å². The largest absolute Gasteiger partial charge is 0.496 e. The molecule has 0 aliphatic carbocycles. The molecule has 0 fully saturated rings. The maximum atomic E-state index is 6.19. The van der Waals surface area contributed by atoms with Crippen LogP contribution in [0.25, 0.3) is 0 Å². The van der Waals surface area contributed by atoms with Crippen LogP contribution in [0.5, 0.6) is 5.75 Å². The predicted octanol–water partition coefficient (Wildman–Crippen LogP) is 5.05. The molecule has 1 atom stereocenters. The highest BCUT2D eigenvalue weighted by atomic mass is 35.5. The molecule has 21 heavy (non-hydrogen) atoms. The van der Waals surface area contributed by atoms with E-state index >= 15 is 0 Å². The topological polar surface area (TPSA) is 21.3 Å². The van der Waals surface area contributed by atoms with Gasteiger partial charge in [-0.25, -0.2) is 0 Å². The smallest absolute Gasteiger partial charge is 0.123 e. The highest BCUT2D eigenvalue weighted by molar-refractivity contribution is 7.99. The lowest BCUT2D eigenvalue weighted by atomic mass is 10.1. The molecule has 1 N–H and O–H groups in total. The zero-order valence-electron chi connectivity index (χ0n) is 11.9. The van der Waals surface area contributed by atoms with Crippen molar-refractivity contribution in [3.63, 3.8) is 0 Å². The number of benzene rings is 2. The van der Waals surface area contributed by atoms with Crippen molar-refractivity contribution >= 4 is 35.0 Å². The third-order valence-corrected chi connectivity index (χ3v) is 5.00. The third kappa shape index (κ3) is 4.30. The molecular formula is C16H17Cl2NOS. The highest BCUT2D eigenvalue weighted by Crippen LogP contribution is 2.34. The Kier molecular flexibility index (Phi) is 6.24. The van der Waals surface area contributed by atoms with Gasteiger partial charge in [-0.2, -0.15) is 0 Å². The lowest BCUT2D eigenvalue weighted by Gasteiger charge is -2.19. The van der Waals surface area contributed by atoms with Crippen LogP contribution in [0.15, 0.2) is 47.4 Å². The molecule has 2 aromatic carbocycles. The quantitative estimate of drug-likeness (QED) is 0.742. The summed E-state index contributed by atoms with van der Waals surface area (Å²) in [5.41, 5.74) is 1.05. The lowest BCUT2D eigenvalue weighted by molar-refractivity contribution is 0.404. The number of nitrogens with one attached hydrogen (secondary N) is 1. The number of methoxy groups -OCH3 is 1. The van der Waals surface area contributed by atoms with E-state index in [0.29, 0.717) is 5.02 Å². The molecule has 0 spiro atoms. The molecule has 0 aromatic heterocycles. The van der Waals surface area contributed by atoms with Gasteiger partial charge in [0.1, 0.15) is 5.75 Å². The van der Waals surface area contributed by atoms with Gasteiger partial charge >= 0.3 is 0 Å². The first kappa shape index (κ1) is 16.5. The van der Waals surface area contributed by atoms with Crippen LogP contribution in [0.2, 0.25) is 10.0 Å². The fourth-order valence-electron chi connectivity index (χ4n) is 2.04. The third-order valence-electron chi connectivity index (χ3n) is 3.16. The first-order valence-electron chi connectivity index (χ1n) is 6.53. The summed E-state index contributed by atoms with van der Waals surface area (Å²) in [6.45, 7) is 0. The van der Waals surface area contributed by atoms with Crippen molar-refractivity contribution in [3.8, 4) is 5.75 Å². The molecule has 1 unspecified atom stereocenters. The molecule has 0 heterocycles. The molecule has 0 radical (unpaired) electrons. The molecule has 0 aliphatic rings. The number of thioether (sulfide) groups is 1. The molecule has 0 amide bonds. The Hall–Kier alpha value is -0.870. The Balaban J connectivity index is 2.17. The van der Waals surface area contributed by atoms with Crippen molar-refractivity contribution in [1.82, 2.24) is 5.32 Å². The summed E-state index contributed by atoms with van der Waals surface area (Å²) >= 11 is 14.0. The molecule has 0 saturated carbocycles. The van der Waals surface area contributed by atoms with Gasteiger partial charge in [-0.1, -0.05) is 35.3 Å². The molecule has 0 aliphatic heterocycles. The molecule has 2 nitrogen and oxygen atoms in total. The monoisotopic (exact) mass is 341 g/mol. The van der Waals surface area contributed by atoms with Gasteiger partial charge in [-0.3, -0.25) is 0 Å². The minimum atomic E-state index is 0.125. The average Bonchev–Trinajstić information content (AvgIpc) is 2.50. The number of halogens is 2. The van der Waals surface area contributed by atoms with Crippen LogP contribution < -0.4 is 10.1 Å². The van der Waals surface area contributed by atoms with E-state index in [1.54, 1.807) is 18.9 Å². The maximum Gasteiger partial charge on any atom is 0.123 e. The van der Waals surface area contributed by atoms with E-state index in [2.05, 4.69) is 5.32 Å². The van der Waals surface area contributed by atoms with Gasteiger partial charge in [-0.05, 0) is 37.4 Å². The van der Waals surface area contributed by atoms with Crippen molar-refractivity contribution in [2.45, 2.75) is 10.9 Å². The second kappa shape index (κ2) is 7.95. The van der Waals surface area contributed by atoms with Crippen molar-refractivity contribution < 1.29 is 4.74 Å². The fourth-order valence-corrected chi connectivity index (χ4v) is 3.59. The Bertz CT molecular complexity index is 607.